The first-order chi connectivity index (χ1) is 13.5. The van der Waals surface area contributed by atoms with Gasteiger partial charge in [-0.1, -0.05) is 48.5 Å². The number of carbonyl (C=O) groups is 2. The quantitative estimate of drug-likeness (QED) is 0.835. The van der Waals surface area contributed by atoms with Crippen molar-refractivity contribution in [2.24, 2.45) is 0 Å². The molecule has 148 valence electrons. The van der Waals surface area contributed by atoms with E-state index in [4.69, 9.17) is 5.11 Å². The molecule has 0 radical (unpaired) electrons. The Morgan fingerprint density at radius 3 is 2.50 bits per heavy atom. The molecule has 5 heteroatoms. The molecule has 5 nitrogen and oxygen atoms in total. The van der Waals surface area contributed by atoms with E-state index in [0.29, 0.717) is 6.54 Å². The minimum Gasteiger partial charge on any atom is -0.480 e. The number of hydrogen-bond donors (Lipinski definition) is 1. The number of amides is 1. The summed E-state index contributed by atoms with van der Waals surface area (Å²) in [4.78, 5) is 28.0. The number of aliphatic carboxylic acids is 1. The summed E-state index contributed by atoms with van der Waals surface area (Å²) in [7, 11) is 1.85. The molecule has 0 aliphatic carbocycles. The third kappa shape index (κ3) is 5.20. The van der Waals surface area contributed by atoms with Gasteiger partial charge in [-0.15, -0.1) is 0 Å². The fourth-order valence-corrected chi connectivity index (χ4v) is 3.93. The van der Waals surface area contributed by atoms with Gasteiger partial charge in [-0.3, -0.25) is 14.5 Å². The van der Waals surface area contributed by atoms with Crippen LogP contribution in [0, 0.1) is 0 Å². The van der Waals surface area contributed by atoms with Gasteiger partial charge in [0.15, 0.2) is 0 Å². The van der Waals surface area contributed by atoms with Gasteiger partial charge in [0.1, 0.15) is 0 Å². The van der Waals surface area contributed by atoms with E-state index in [-0.39, 0.29) is 18.5 Å². The second kappa shape index (κ2) is 9.51. The maximum Gasteiger partial charge on any atom is 0.317 e. The lowest BCUT2D eigenvalue weighted by atomic mass is 9.99. The molecule has 0 aromatic heterocycles. The topological polar surface area (TPSA) is 60.9 Å². The molecular weight excluding hydrogens is 352 g/mol. The van der Waals surface area contributed by atoms with Crippen molar-refractivity contribution in [1.29, 1.82) is 0 Å². The summed E-state index contributed by atoms with van der Waals surface area (Å²) in [5.74, 6) is -0.734. The molecule has 1 unspecified atom stereocenters. The summed E-state index contributed by atoms with van der Waals surface area (Å²) in [5, 5.41) is 9.02. The SMILES string of the molecule is CN(CC(=O)O)C1CCCN(C(=O)c2ccccc2Cc2ccccc2)CC1. The van der Waals surface area contributed by atoms with Crippen molar-refractivity contribution in [3.8, 4) is 0 Å². The second-order valence-corrected chi connectivity index (χ2v) is 7.51. The fourth-order valence-electron chi connectivity index (χ4n) is 3.93. The Balaban J connectivity index is 1.70. The minimum absolute atomic E-state index is 0.0402. The molecule has 2 aromatic carbocycles. The average molecular weight is 380 g/mol. The molecule has 3 rings (SSSR count). The smallest absolute Gasteiger partial charge is 0.317 e. The van der Waals surface area contributed by atoms with Gasteiger partial charge in [-0.2, -0.15) is 0 Å². The summed E-state index contributed by atoms with van der Waals surface area (Å²) >= 11 is 0. The van der Waals surface area contributed by atoms with Crippen molar-refractivity contribution in [2.75, 3.05) is 26.7 Å². The van der Waals surface area contributed by atoms with E-state index < -0.39 is 5.97 Å². The van der Waals surface area contributed by atoms with Crippen LogP contribution in [0.1, 0.15) is 40.7 Å². The number of carboxylic acids is 1. The molecule has 1 amide bonds. The van der Waals surface area contributed by atoms with E-state index in [2.05, 4.69) is 12.1 Å². The van der Waals surface area contributed by atoms with Gasteiger partial charge in [0, 0.05) is 24.7 Å². The molecule has 1 heterocycles. The van der Waals surface area contributed by atoms with Gasteiger partial charge < -0.3 is 10.0 Å². The van der Waals surface area contributed by atoms with Crippen molar-refractivity contribution >= 4 is 11.9 Å². The lowest BCUT2D eigenvalue weighted by Crippen LogP contribution is -2.37. The normalized spacial score (nSPS) is 17.4. The minimum atomic E-state index is -0.811. The highest BCUT2D eigenvalue weighted by Crippen LogP contribution is 2.20. The third-order valence-electron chi connectivity index (χ3n) is 5.48. The Kier molecular flexibility index (Phi) is 6.82. The Labute approximate surface area is 166 Å². The standard InChI is InChI=1S/C23H28N2O3/c1-24(17-22(26)27)20-11-7-14-25(15-13-20)23(28)21-12-6-5-10-19(21)16-18-8-3-2-4-9-18/h2-6,8-10,12,20H,7,11,13-17H2,1H3,(H,26,27). The number of carbonyl (C=O) groups excluding carboxylic acids is 1. The lowest BCUT2D eigenvalue weighted by molar-refractivity contribution is -0.138. The second-order valence-electron chi connectivity index (χ2n) is 7.51. The molecular formula is C23H28N2O3. The van der Waals surface area contributed by atoms with Crippen LogP contribution in [-0.4, -0.2) is 59.5 Å². The summed E-state index contributed by atoms with van der Waals surface area (Å²) in [5.41, 5.74) is 3.00. The molecule has 0 bridgehead atoms. The predicted molar refractivity (Wildman–Crippen MR) is 109 cm³/mol. The van der Waals surface area contributed by atoms with Gasteiger partial charge >= 0.3 is 5.97 Å². The number of likely N-dealkylation sites (tertiary alicyclic amines) is 1. The van der Waals surface area contributed by atoms with E-state index >= 15 is 0 Å². The number of benzene rings is 2. The summed E-state index contributed by atoms with van der Waals surface area (Å²) in [6.45, 7) is 1.42. The number of nitrogens with zero attached hydrogens (tertiary/aromatic N) is 2. The first-order valence-electron chi connectivity index (χ1n) is 9.87. The van der Waals surface area contributed by atoms with Crippen LogP contribution in [-0.2, 0) is 11.2 Å². The van der Waals surface area contributed by atoms with Gasteiger partial charge in [-0.05, 0) is 49.9 Å². The first kappa shape index (κ1) is 20.1. The van der Waals surface area contributed by atoms with Crippen LogP contribution in [0.3, 0.4) is 0 Å². The predicted octanol–water partition coefficient (Wildman–Crippen LogP) is 3.29. The number of rotatable bonds is 6. The highest BCUT2D eigenvalue weighted by Gasteiger charge is 2.25. The zero-order valence-electron chi connectivity index (χ0n) is 16.4. The van der Waals surface area contributed by atoms with Gasteiger partial charge in [0.25, 0.3) is 5.91 Å². The first-order valence-corrected chi connectivity index (χ1v) is 9.87. The number of likely N-dealkylation sites (N-methyl/N-ethyl adjacent to an activating group) is 1. The van der Waals surface area contributed by atoms with Gasteiger partial charge in [0.2, 0.25) is 0 Å². The molecule has 28 heavy (non-hydrogen) atoms. The van der Waals surface area contributed by atoms with Crippen LogP contribution in [0.25, 0.3) is 0 Å². The van der Waals surface area contributed by atoms with Crippen LogP contribution >= 0.6 is 0 Å². The van der Waals surface area contributed by atoms with Crippen LogP contribution in [0.15, 0.2) is 54.6 Å². The zero-order valence-corrected chi connectivity index (χ0v) is 16.4. The van der Waals surface area contributed by atoms with Crippen LogP contribution in [0.2, 0.25) is 0 Å². The Bertz CT molecular complexity index is 807. The van der Waals surface area contributed by atoms with E-state index in [1.807, 2.05) is 59.3 Å². The molecule has 2 aromatic rings. The largest absolute Gasteiger partial charge is 0.480 e. The number of hydrogen-bond acceptors (Lipinski definition) is 3. The van der Waals surface area contributed by atoms with Gasteiger partial charge in [-0.25, -0.2) is 0 Å². The maximum atomic E-state index is 13.2. The van der Waals surface area contributed by atoms with Gasteiger partial charge in [0.05, 0.1) is 6.54 Å². The molecule has 1 N–H and O–H groups in total. The molecule has 1 atom stereocenters. The Hall–Kier alpha value is -2.66. The van der Waals surface area contributed by atoms with Crippen molar-refractivity contribution in [2.45, 2.75) is 31.7 Å². The van der Waals surface area contributed by atoms with Crippen LogP contribution < -0.4 is 0 Å². The van der Waals surface area contributed by atoms with E-state index in [0.717, 1.165) is 43.4 Å². The molecule has 1 aliphatic heterocycles. The van der Waals surface area contributed by atoms with Crippen LogP contribution in [0.5, 0.6) is 0 Å². The molecule has 1 aliphatic rings. The van der Waals surface area contributed by atoms with Crippen LogP contribution in [0.4, 0.5) is 0 Å². The summed E-state index contributed by atoms with van der Waals surface area (Å²) in [6.07, 6.45) is 3.34. The summed E-state index contributed by atoms with van der Waals surface area (Å²) < 4.78 is 0. The van der Waals surface area contributed by atoms with E-state index in [9.17, 15) is 9.59 Å². The molecule has 1 fully saturated rings. The van der Waals surface area contributed by atoms with E-state index in [1.165, 1.54) is 5.56 Å². The number of carboxylic acid groups (broad SMARTS) is 1. The van der Waals surface area contributed by atoms with Crippen molar-refractivity contribution in [3.63, 3.8) is 0 Å². The zero-order chi connectivity index (χ0) is 19.9. The van der Waals surface area contributed by atoms with Crippen molar-refractivity contribution in [1.82, 2.24) is 9.80 Å². The van der Waals surface area contributed by atoms with Crippen molar-refractivity contribution in [3.05, 3.63) is 71.3 Å². The average Bonchev–Trinajstić information content (AvgIpc) is 2.94. The summed E-state index contributed by atoms with van der Waals surface area (Å²) in [6, 6.07) is 18.2. The maximum absolute atomic E-state index is 13.2. The fraction of sp³-hybridized carbons (Fsp3) is 0.391. The van der Waals surface area contributed by atoms with E-state index in [1.54, 1.807) is 0 Å². The molecule has 1 saturated heterocycles. The monoisotopic (exact) mass is 380 g/mol. The molecule has 0 spiro atoms. The molecule has 0 saturated carbocycles. The highest BCUT2D eigenvalue weighted by molar-refractivity contribution is 5.95. The van der Waals surface area contributed by atoms with Crippen molar-refractivity contribution < 1.29 is 14.7 Å². The third-order valence-corrected chi connectivity index (χ3v) is 5.48. The Morgan fingerprint density at radius 1 is 1.04 bits per heavy atom. The Morgan fingerprint density at radius 2 is 1.75 bits per heavy atom. The lowest BCUT2D eigenvalue weighted by Gasteiger charge is -2.26. The highest BCUT2D eigenvalue weighted by atomic mass is 16.4.